The van der Waals surface area contributed by atoms with E-state index in [4.69, 9.17) is 25.4 Å². The number of aliphatic hydroxyl groups is 2. The predicted octanol–water partition coefficient (Wildman–Crippen LogP) is 3.49. The largest absolute Gasteiger partial charge is 0.481 e. The molecule has 0 fully saturated rings. The highest BCUT2D eigenvalue weighted by Crippen LogP contribution is 2.24. The van der Waals surface area contributed by atoms with Gasteiger partial charge in [0.15, 0.2) is 0 Å². The van der Waals surface area contributed by atoms with Crippen LogP contribution in [0.1, 0.15) is 129 Å². The van der Waals surface area contributed by atoms with Crippen molar-refractivity contribution < 1.29 is 68.9 Å². The molecule has 0 aromatic heterocycles. The van der Waals surface area contributed by atoms with E-state index in [1.165, 1.54) is 0 Å². The van der Waals surface area contributed by atoms with Gasteiger partial charge in [0.05, 0.1) is 49.7 Å². The van der Waals surface area contributed by atoms with Gasteiger partial charge in [-0.05, 0) is 32.1 Å². The van der Waals surface area contributed by atoms with Crippen molar-refractivity contribution in [3.05, 3.63) is 0 Å². The van der Waals surface area contributed by atoms with E-state index in [2.05, 4.69) is 6.92 Å². The van der Waals surface area contributed by atoms with Gasteiger partial charge in [-0.2, -0.15) is 0 Å². The Hall–Kier alpha value is -3.30. The number of hydrogen-bond acceptors (Lipinski definition) is 11. The van der Waals surface area contributed by atoms with Crippen LogP contribution in [0.5, 0.6) is 0 Å². The fourth-order valence-electron chi connectivity index (χ4n) is 5.30. The number of carbonyl (C=O) groups is 6. The number of carboxylic acid groups (broad SMARTS) is 4. The molecule has 48 heavy (non-hydrogen) atoms. The van der Waals surface area contributed by atoms with E-state index in [0.29, 0.717) is 32.1 Å². The molecule has 15 heteroatoms. The molecule has 0 aromatic rings. The van der Waals surface area contributed by atoms with Crippen LogP contribution in [0.4, 0.5) is 0 Å². The summed E-state index contributed by atoms with van der Waals surface area (Å²) in [4.78, 5) is 71.2. The summed E-state index contributed by atoms with van der Waals surface area (Å²) in [6, 6.07) is 0. The quantitative estimate of drug-likeness (QED) is 0.0405. The van der Waals surface area contributed by atoms with Crippen LogP contribution in [-0.4, -0.2) is 97.4 Å². The molecule has 0 rings (SSSR count). The second-order valence-corrected chi connectivity index (χ2v) is 12.4. The lowest BCUT2D eigenvalue weighted by Gasteiger charge is -2.28. The summed E-state index contributed by atoms with van der Waals surface area (Å²) in [6.07, 6.45) is 3.35. The van der Waals surface area contributed by atoms with Gasteiger partial charge in [-0.15, -0.1) is 0 Å². The van der Waals surface area contributed by atoms with Crippen molar-refractivity contribution in [3.63, 3.8) is 0 Å². The highest BCUT2D eigenvalue weighted by Gasteiger charge is 2.33. The summed E-state index contributed by atoms with van der Waals surface area (Å²) < 4.78 is 11.3. The first-order valence-electron chi connectivity index (χ1n) is 17.0. The number of unbranched alkanes of at least 4 members (excludes halogenated alkanes) is 9. The van der Waals surface area contributed by atoms with Gasteiger partial charge in [-0.3, -0.25) is 28.8 Å². The molecule has 0 radical (unpaired) electrons. The zero-order valence-corrected chi connectivity index (χ0v) is 28.1. The van der Waals surface area contributed by atoms with E-state index in [1.54, 1.807) is 0 Å². The number of aliphatic carboxylic acids is 4. The van der Waals surface area contributed by atoms with Gasteiger partial charge in [-0.25, -0.2) is 0 Å². The molecule has 0 aliphatic rings. The zero-order valence-electron chi connectivity index (χ0n) is 28.1. The number of esters is 2. The molecule has 0 saturated heterocycles. The van der Waals surface area contributed by atoms with E-state index >= 15 is 0 Å². The topological polar surface area (TPSA) is 268 Å². The highest BCUT2D eigenvalue weighted by atomic mass is 16.6. The molecule has 8 N–H and O–H groups in total. The summed E-state index contributed by atoms with van der Waals surface area (Å²) in [5.74, 6) is -10.8. The highest BCUT2D eigenvalue weighted by molar-refractivity contribution is 5.83. The van der Waals surface area contributed by atoms with Crippen LogP contribution in [0.25, 0.3) is 0 Å². The Labute approximate surface area is 282 Å². The summed E-state index contributed by atoms with van der Waals surface area (Å²) in [7, 11) is 0. The molecule has 0 amide bonds. The third-order valence-electron chi connectivity index (χ3n) is 8.03. The second-order valence-electron chi connectivity index (χ2n) is 12.4. The average Bonchev–Trinajstić information content (AvgIpc) is 2.99. The summed E-state index contributed by atoms with van der Waals surface area (Å²) in [6.45, 7) is 2.14. The maximum atomic E-state index is 12.9. The molecular formula is C33H57NO14. The standard InChI is InChI=1S/C33H57NO14/c1-2-3-4-5-8-11-14-26(47-30(41)18-22(32(43)44)16-28(37)38)27(48-31(42)19-23(33(45)46)17-29(39)40)15-12-9-6-7-10-13-24(35)20-25(36)21-34/h22-27,35-36H,2-21,34H2,1H3,(H,37,38)(H,39,40)(H,43,44)(H,45,46). The van der Waals surface area contributed by atoms with E-state index in [9.17, 15) is 49.2 Å². The van der Waals surface area contributed by atoms with Crippen LogP contribution >= 0.6 is 0 Å². The number of nitrogens with two attached hydrogens (primary N) is 1. The minimum Gasteiger partial charge on any atom is -0.481 e. The fraction of sp³-hybridized carbons (Fsp3) is 0.818. The molecule has 0 saturated carbocycles. The monoisotopic (exact) mass is 691 g/mol. The third kappa shape index (κ3) is 23.1. The molecule has 0 aliphatic heterocycles. The van der Waals surface area contributed by atoms with Crippen LogP contribution in [0, 0.1) is 11.8 Å². The maximum Gasteiger partial charge on any atom is 0.307 e. The van der Waals surface area contributed by atoms with Crippen molar-refractivity contribution in [1.29, 1.82) is 0 Å². The Balaban J connectivity index is 5.73. The number of carboxylic acids is 4. The summed E-state index contributed by atoms with van der Waals surface area (Å²) in [5.41, 5.74) is 5.38. The fourth-order valence-corrected chi connectivity index (χ4v) is 5.30. The normalized spacial score (nSPS) is 15.0. The van der Waals surface area contributed by atoms with Gasteiger partial charge in [0.2, 0.25) is 0 Å². The van der Waals surface area contributed by atoms with Crippen molar-refractivity contribution in [2.24, 2.45) is 17.6 Å². The van der Waals surface area contributed by atoms with Crippen LogP contribution in [0.2, 0.25) is 0 Å². The lowest BCUT2D eigenvalue weighted by molar-refractivity contribution is -0.173. The van der Waals surface area contributed by atoms with Gasteiger partial charge < -0.3 is 45.8 Å². The molecule has 6 atom stereocenters. The second kappa shape index (κ2) is 26.6. The van der Waals surface area contributed by atoms with E-state index in [-0.39, 0.29) is 25.8 Å². The molecular weight excluding hydrogens is 634 g/mol. The van der Waals surface area contributed by atoms with Crippen LogP contribution in [0.15, 0.2) is 0 Å². The number of hydrogen-bond donors (Lipinski definition) is 7. The first-order chi connectivity index (χ1) is 22.7. The molecule has 278 valence electrons. The van der Waals surface area contributed by atoms with E-state index < -0.39 is 97.8 Å². The molecule has 0 bridgehead atoms. The van der Waals surface area contributed by atoms with Crippen LogP contribution in [0.3, 0.4) is 0 Å². The van der Waals surface area contributed by atoms with E-state index in [1.807, 2.05) is 0 Å². The molecule has 0 heterocycles. The van der Waals surface area contributed by atoms with Crippen molar-refractivity contribution in [2.75, 3.05) is 6.54 Å². The Bertz CT molecular complexity index is 974. The number of aliphatic hydroxyl groups excluding tert-OH is 2. The van der Waals surface area contributed by atoms with Crippen molar-refractivity contribution in [3.8, 4) is 0 Å². The van der Waals surface area contributed by atoms with Gasteiger partial charge >= 0.3 is 35.8 Å². The minimum absolute atomic E-state index is 0.0664. The predicted molar refractivity (Wildman–Crippen MR) is 172 cm³/mol. The van der Waals surface area contributed by atoms with Crippen molar-refractivity contribution in [2.45, 2.75) is 153 Å². The van der Waals surface area contributed by atoms with Gasteiger partial charge in [0, 0.05) is 13.0 Å². The number of ether oxygens (including phenoxy) is 2. The van der Waals surface area contributed by atoms with Crippen molar-refractivity contribution in [1.82, 2.24) is 0 Å². The minimum atomic E-state index is -1.54. The lowest BCUT2D eigenvalue weighted by atomic mass is 9.97. The Morgan fingerprint density at radius 3 is 1.27 bits per heavy atom. The lowest BCUT2D eigenvalue weighted by Crippen LogP contribution is -2.37. The Kier molecular flexibility index (Phi) is 24.8. The SMILES string of the molecule is CCCCCCCCC(OC(=O)CC(CC(=O)O)C(=O)O)C(CCCCCCCC(O)CC(O)CN)OC(=O)CC(CC(=O)O)C(=O)O. The maximum absolute atomic E-state index is 12.9. The van der Waals surface area contributed by atoms with Crippen LogP contribution < -0.4 is 5.73 Å². The van der Waals surface area contributed by atoms with Gasteiger partial charge in [0.1, 0.15) is 12.2 Å². The van der Waals surface area contributed by atoms with Gasteiger partial charge in [0.25, 0.3) is 0 Å². The van der Waals surface area contributed by atoms with Crippen LogP contribution in [-0.2, 0) is 38.2 Å². The third-order valence-corrected chi connectivity index (χ3v) is 8.03. The Morgan fingerprint density at radius 1 is 0.542 bits per heavy atom. The number of carbonyl (C=O) groups excluding carboxylic acids is 2. The summed E-state index contributed by atoms with van der Waals surface area (Å²) >= 11 is 0. The first kappa shape index (κ1) is 44.7. The molecule has 0 aliphatic carbocycles. The van der Waals surface area contributed by atoms with Gasteiger partial charge in [-0.1, -0.05) is 64.7 Å². The van der Waals surface area contributed by atoms with Crippen molar-refractivity contribution >= 4 is 35.8 Å². The summed E-state index contributed by atoms with van der Waals surface area (Å²) in [5, 5.41) is 56.5. The molecule has 6 unspecified atom stereocenters. The van der Waals surface area contributed by atoms with E-state index in [0.717, 1.165) is 44.9 Å². The first-order valence-corrected chi connectivity index (χ1v) is 17.0. The Morgan fingerprint density at radius 2 is 0.917 bits per heavy atom. The zero-order chi connectivity index (χ0) is 36.5. The molecule has 15 nitrogen and oxygen atoms in total. The smallest absolute Gasteiger partial charge is 0.307 e. The average molecular weight is 692 g/mol. The molecule has 0 aromatic carbocycles. The number of rotatable bonds is 31. The molecule has 0 spiro atoms.